The minimum atomic E-state index is -6.23. The summed E-state index contributed by atoms with van der Waals surface area (Å²) >= 11 is 0. The third-order valence-electron chi connectivity index (χ3n) is 7.27. The molecule has 1 saturated carbocycles. The Balaban J connectivity index is 1.85. The Morgan fingerprint density at radius 3 is 1.69 bits per heavy atom. The van der Waals surface area contributed by atoms with Crippen molar-refractivity contribution < 1.29 is 62.9 Å². The van der Waals surface area contributed by atoms with E-state index < -0.39 is 97.7 Å². The summed E-state index contributed by atoms with van der Waals surface area (Å²) in [5.41, 5.74) is -8.27. The van der Waals surface area contributed by atoms with Crippen molar-refractivity contribution in [1.82, 2.24) is 0 Å². The van der Waals surface area contributed by atoms with Crippen LogP contribution in [0.1, 0.15) is 29.5 Å². The molecule has 3 aromatic rings. The molecule has 0 amide bonds. The molecule has 0 unspecified atom stereocenters. The standard InChI is InChI=1S/C27H21F9O5S/c28-17-8-10-18(11-9-17)42(39,40)24(12-22(37)23(38)13-24)15-4-6-16(7-5-15)25(26(31,32)33,27(34,35)36)41-14-19-20(29)2-1-3-21(19)30/h1-11,22-23,37-38H,12-14H2/t22-,23+,24-. The Morgan fingerprint density at radius 1 is 0.762 bits per heavy atom. The van der Waals surface area contributed by atoms with Gasteiger partial charge in [-0.1, -0.05) is 30.3 Å². The zero-order chi connectivity index (χ0) is 31.3. The van der Waals surface area contributed by atoms with Crippen molar-refractivity contribution in [1.29, 1.82) is 0 Å². The average molecular weight is 629 g/mol. The van der Waals surface area contributed by atoms with Gasteiger partial charge in [-0.05, 0) is 54.8 Å². The van der Waals surface area contributed by atoms with Gasteiger partial charge in [-0.25, -0.2) is 21.6 Å². The third-order valence-corrected chi connectivity index (χ3v) is 9.76. The van der Waals surface area contributed by atoms with Crippen molar-refractivity contribution in [2.24, 2.45) is 0 Å². The lowest BCUT2D eigenvalue weighted by Crippen LogP contribution is -2.56. The molecule has 1 aliphatic rings. The van der Waals surface area contributed by atoms with Gasteiger partial charge in [-0.2, -0.15) is 26.3 Å². The normalized spacial score (nSPS) is 22.0. The van der Waals surface area contributed by atoms with Crippen LogP contribution in [-0.2, 0) is 31.5 Å². The molecule has 1 aliphatic carbocycles. The summed E-state index contributed by atoms with van der Waals surface area (Å²) < 4.78 is 156. The smallest absolute Gasteiger partial charge is 0.390 e. The molecule has 0 heterocycles. The Kier molecular flexibility index (Phi) is 8.21. The molecule has 1 fully saturated rings. The van der Waals surface area contributed by atoms with E-state index in [0.29, 0.717) is 36.4 Å². The number of ether oxygens (including phenoxy) is 1. The van der Waals surface area contributed by atoms with E-state index in [9.17, 15) is 58.1 Å². The molecule has 4 rings (SSSR count). The molecule has 3 atom stereocenters. The van der Waals surface area contributed by atoms with E-state index >= 15 is 0 Å². The summed E-state index contributed by atoms with van der Waals surface area (Å²) in [6, 6.07) is 7.33. The third kappa shape index (κ3) is 5.16. The van der Waals surface area contributed by atoms with Gasteiger partial charge in [0.1, 0.15) is 22.2 Å². The molecule has 228 valence electrons. The number of halogens is 9. The molecule has 0 spiro atoms. The topological polar surface area (TPSA) is 83.8 Å². The zero-order valence-corrected chi connectivity index (χ0v) is 21.9. The van der Waals surface area contributed by atoms with Gasteiger partial charge in [0, 0.05) is 11.1 Å². The van der Waals surface area contributed by atoms with Gasteiger partial charge in [-0.15, -0.1) is 0 Å². The van der Waals surface area contributed by atoms with Crippen molar-refractivity contribution in [2.75, 3.05) is 0 Å². The summed E-state index contributed by atoms with van der Waals surface area (Å²) in [6.45, 7) is -1.78. The second-order valence-corrected chi connectivity index (χ2v) is 12.0. The highest BCUT2D eigenvalue weighted by Crippen LogP contribution is 2.54. The quantitative estimate of drug-likeness (QED) is 0.255. The lowest BCUT2D eigenvalue weighted by atomic mass is 9.88. The first-order chi connectivity index (χ1) is 19.4. The van der Waals surface area contributed by atoms with E-state index in [-0.39, 0.29) is 5.56 Å². The van der Waals surface area contributed by atoms with Gasteiger partial charge >= 0.3 is 12.4 Å². The van der Waals surface area contributed by atoms with E-state index in [2.05, 4.69) is 4.74 Å². The lowest BCUT2D eigenvalue weighted by molar-refractivity contribution is -0.392. The number of alkyl halides is 6. The van der Waals surface area contributed by atoms with E-state index in [1.54, 1.807) is 0 Å². The summed E-state index contributed by atoms with van der Waals surface area (Å²) in [7, 11) is -4.64. The number of aliphatic hydroxyl groups is 2. The van der Waals surface area contributed by atoms with Crippen LogP contribution in [0.5, 0.6) is 0 Å². The maximum atomic E-state index is 14.3. The second kappa shape index (κ2) is 10.8. The summed E-state index contributed by atoms with van der Waals surface area (Å²) in [6.07, 6.45) is -17.1. The van der Waals surface area contributed by atoms with Crippen molar-refractivity contribution in [3.8, 4) is 0 Å². The molecule has 0 aromatic heterocycles. The molecule has 3 aromatic carbocycles. The number of hydrogen-bond acceptors (Lipinski definition) is 5. The molecule has 0 saturated heterocycles. The van der Waals surface area contributed by atoms with Crippen LogP contribution in [0.4, 0.5) is 39.5 Å². The second-order valence-electron chi connectivity index (χ2n) is 9.74. The monoisotopic (exact) mass is 628 g/mol. The molecule has 15 heteroatoms. The van der Waals surface area contributed by atoms with E-state index in [4.69, 9.17) is 0 Å². The fraction of sp³-hybridized carbons (Fsp3) is 0.333. The minimum Gasteiger partial charge on any atom is -0.390 e. The summed E-state index contributed by atoms with van der Waals surface area (Å²) in [5.74, 6) is -3.70. The average Bonchev–Trinajstić information content (AvgIpc) is 3.20. The minimum absolute atomic E-state index is 0.299. The van der Waals surface area contributed by atoms with Crippen molar-refractivity contribution in [2.45, 2.75) is 59.3 Å². The molecule has 5 nitrogen and oxygen atoms in total. The van der Waals surface area contributed by atoms with Gasteiger partial charge in [0.15, 0.2) is 9.84 Å². The van der Waals surface area contributed by atoms with Gasteiger partial charge in [0.05, 0.1) is 23.7 Å². The Hall–Kier alpha value is -3.14. The van der Waals surface area contributed by atoms with Gasteiger partial charge in [-0.3, -0.25) is 0 Å². The van der Waals surface area contributed by atoms with E-state index in [0.717, 1.165) is 30.3 Å². The number of hydrogen-bond donors (Lipinski definition) is 2. The highest BCUT2D eigenvalue weighted by Gasteiger charge is 2.73. The van der Waals surface area contributed by atoms with Crippen LogP contribution < -0.4 is 0 Å². The largest absolute Gasteiger partial charge is 0.430 e. The summed E-state index contributed by atoms with van der Waals surface area (Å²) in [4.78, 5) is -0.482. The molecule has 0 radical (unpaired) electrons. The predicted molar refractivity (Wildman–Crippen MR) is 128 cm³/mol. The molecular weight excluding hydrogens is 607 g/mol. The van der Waals surface area contributed by atoms with Crippen LogP contribution in [0.25, 0.3) is 0 Å². The highest BCUT2D eigenvalue weighted by molar-refractivity contribution is 7.92. The van der Waals surface area contributed by atoms with E-state index in [1.807, 2.05) is 0 Å². The lowest BCUT2D eigenvalue weighted by Gasteiger charge is -2.38. The Labute approximate surface area is 233 Å². The SMILES string of the molecule is O=S(=O)(c1ccc(F)cc1)[C@]1(c2ccc(C(OCc3c(F)cccc3F)(C(F)(F)F)C(F)(F)F)cc2)C[C@@H](O)[C@@H](O)C1. The fourth-order valence-electron chi connectivity index (χ4n) is 5.08. The number of benzene rings is 3. The molecule has 0 aliphatic heterocycles. The van der Waals surface area contributed by atoms with Gasteiger partial charge in [0.2, 0.25) is 0 Å². The van der Waals surface area contributed by atoms with Crippen LogP contribution in [0.2, 0.25) is 0 Å². The maximum Gasteiger partial charge on any atom is 0.430 e. The van der Waals surface area contributed by atoms with Gasteiger partial charge < -0.3 is 14.9 Å². The number of sulfone groups is 1. The maximum absolute atomic E-state index is 14.3. The van der Waals surface area contributed by atoms with Crippen molar-refractivity contribution >= 4 is 9.84 Å². The van der Waals surface area contributed by atoms with Crippen molar-refractivity contribution in [3.05, 3.63) is 101 Å². The molecule has 0 bridgehead atoms. The van der Waals surface area contributed by atoms with Crippen LogP contribution in [-0.4, -0.2) is 43.2 Å². The number of aliphatic hydroxyl groups excluding tert-OH is 2. The Bertz CT molecular complexity index is 1490. The highest BCUT2D eigenvalue weighted by atomic mass is 32.2. The van der Waals surface area contributed by atoms with Crippen LogP contribution in [0, 0.1) is 17.5 Å². The van der Waals surface area contributed by atoms with Gasteiger partial charge in [0.25, 0.3) is 5.60 Å². The molecule has 42 heavy (non-hydrogen) atoms. The molecule has 2 N–H and O–H groups in total. The Morgan fingerprint density at radius 2 is 1.24 bits per heavy atom. The zero-order valence-electron chi connectivity index (χ0n) is 21.1. The van der Waals surface area contributed by atoms with Crippen molar-refractivity contribution in [3.63, 3.8) is 0 Å². The van der Waals surface area contributed by atoms with E-state index in [1.165, 1.54) is 0 Å². The first-order valence-electron chi connectivity index (χ1n) is 12.0. The predicted octanol–water partition coefficient (Wildman–Crippen LogP) is 5.83. The molecular formula is C27H21F9O5S. The fourth-order valence-corrected chi connectivity index (χ4v) is 7.25. The first kappa shape index (κ1) is 31.8. The first-order valence-corrected chi connectivity index (χ1v) is 13.5. The number of rotatable bonds is 7. The summed E-state index contributed by atoms with van der Waals surface area (Å²) in [5, 5.41) is 20.4. The van der Waals surface area contributed by atoms with Crippen LogP contribution >= 0.6 is 0 Å². The van der Waals surface area contributed by atoms with Crippen LogP contribution in [0.3, 0.4) is 0 Å². The van der Waals surface area contributed by atoms with Crippen LogP contribution in [0.15, 0.2) is 71.6 Å².